The van der Waals surface area contributed by atoms with Crippen LogP contribution in [-0.2, 0) is 28.1 Å². The normalized spacial score (nSPS) is 23.2. The van der Waals surface area contributed by atoms with E-state index in [9.17, 15) is 31.2 Å². The molecule has 54 heavy (non-hydrogen) atoms. The molecular formula is C38H39F7O7S2. The maximum absolute atomic E-state index is 15.8. The zero-order chi connectivity index (χ0) is 39.0. The molecule has 0 aliphatic heterocycles. The first-order valence-electron chi connectivity index (χ1n) is 17.6. The Morgan fingerprint density at radius 3 is 1.65 bits per heavy atom. The van der Waals surface area contributed by atoms with Crippen molar-refractivity contribution in [1.29, 1.82) is 0 Å². The number of benzene rings is 3. The van der Waals surface area contributed by atoms with Crippen LogP contribution in [-0.4, -0.2) is 44.3 Å². The second-order valence-corrected chi connectivity index (χ2v) is 18.9. The monoisotopic (exact) mass is 804 g/mol. The van der Waals surface area contributed by atoms with Crippen LogP contribution in [0.5, 0.6) is 5.75 Å². The van der Waals surface area contributed by atoms with Gasteiger partial charge in [0.05, 0.1) is 12.0 Å². The van der Waals surface area contributed by atoms with Gasteiger partial charge in [0, 0.05) is 21.1 Å². The number of esters is 2. The van der Waals surface area contributed by atoms with Gasteiger partial charge in [-0.05, 0) is 128 Å². The van der Waals surface area contributed by atoms with Crippen molar-refractivity contribution in [2.24, 2.45) is 23.2 Å². The lowest BCUT2D eigenvalue weighted by Crippen LogP contribution is -2.50. The predicted molar refractivity (Wildman–Crippen MR) is 183 cm³/mol. The van der Waals surface area contributed by atoms with Crippen LogP contribution in [0, 0.1) is 23.2 Å². The van der Waals surface area contributed by atoms with Crippen molar-refractivity contribution in [3.8, 4) is 5.75 Å². The fourth-order valence-electron chi connectivity index (χ4n) is 8.41. The van der Waals surface area contributed by atoms with Crippen LogP contribution in [0.3, 0.4) is 0 Å². The Bertz CT molecular complexity index is 1830. The Balaban J connectivity index is 1.20. The smallest absolute Gasteiger partial charge is 0.432 e. The highest BCUT2D eigenvalue weighted by Crippen LogP contribution is 2.71. The van der Waals surface area contributed by atoms with Gasteiger partial charge in [0.2, 0.25) is 0 Å². The third-order valence-corrected chi connectivity index (χ3v) is 15.7. The van der Waals surface area contributed by atoms with Gasteiger partial charge in [-0.15, -0.1) is 0 Å². The molecule has 3 aromatic rings. The Hall–Kier alpha value is -3.63. The van der Waals surface area contributed by atoms with E-state index in [4.69, 9.17) is 13.1 Å². The molecule has 0 heterocycles. The maximum Gasteiger partial charge on any atom is 0.432 e. The number of alkyl halides is 7. The summed E-state index contributed by atoms with van der Waals surface area (Å²) in [7, 11) is -10.3. The molecule has 7 nitrogen and oxygen atoms in total. The molecule has 0 saturated heterocycles. The summed E-state index contributed by atoms with van der Waals surface area (Å²) in [5, 5.41) is -5.75. The minimum absolute atomic E-state index is 0.00143. The van der Waals surface area contributed by atoms with Gasteiger partial charge < -0.3 is 9.47 Å². The molecule has 0 N–H and O–H groups in total. The Morgan fingerprint density at radius 2 is 1.17 bits per heavy atom. The third-order valence-electron chi connectivity index (χ3n) is 10.4. The second-order valence-electron chi connectivity index (χ2n) is 14.5. The van der Waals surface area contributed by atoms with Crippen LogP contribution in [0.2, 0.25) is 0 Å². The summed E-state index contributed by atoms with van der Waals surface area (Å²) in [5.41, 5.74) is -0.582. The van der Waals surface area contributed by atoms with E-state index >= 15 is 17.6 Å². The Morgan fingerprint density at radius 1 is 0.685 bits per heavy atom. The first-order chi connectivity index (χ1) is 25.4. The van der Waals surface area contributed by atoms with Crippen LogP contribution >= 0.6 is 10.3 Å². The third kappa shape index (κ3) is 8.15. The van der Waals surface area contributed by atoms with Gasteiger partial charge in [-0.3, -0.25) is 9.59 Å². The van der Waals surface area contributed by atoms with Crippen LogP contribution in [0.4, 0.5) is 30.7 Å². The van der Waals surface area contributed by atoms with E-state index in [0.717, 1.165) is 62.8 Å². The minimum Gasteiger partial charge on any atom is -0.465 e. The van der Waals surface area contributed by atoms with E-state index in [0.29, 0.717) is 17.8 Å². The topological polar surface area (TPSA) is 96.0 Å². The van der Waals surface area contributed by atoms with E-state index < -0.39 is 68.4 Å². The van der Waals surface area contributed by atoms with Crippen molar-refractivity contribution in [2.45, 2.75) is 96.2 Å². The van der Waals surface area contributed by atoms with E-state index in [-0.39, 0.29) is 39.4 Å². The van der Waals surface area contributed by atoms with E-state index in [1.165, 1.54) is 48.5 Å². The molecule has 0 unspecified atom stereocenters. The molecule has 0 aromatic heterocycles. The Kier molecular flexibility index (Phi) is 11.2. The van der Waals surface area contributed by atoms with Gasteiger partial charge in [0.15, 0.2) is 0 Å². The van der Waals surface area contributed by atoms with Crippen molar-refractivity contribution in [1.82, 2.24) is 0 Å². The SMILES string of the molecule is O=C(CC(F)(F)F)Oc1ccc(S(OS(=O)(=O)C(F)(F)C(F)(F)CCCCOC(=O)C23CC4CC(CC(C4)C2)C3)(c2ccccc2)c2ccccc2)cc1. The average molecular weight is 805 g/mol. The quantitative estimate of drug-likeness (QED) is 0.0653. The number of halogens is 7. The van der Waals surface area contributed by atoms with Gasteiger partial charge in [-0.2, -0.15) is 39.2 Å². The molecule has 4 bridgehead atoms. The van der Waals surface area contributed by atoms with Crippen LogP contribution in [0.25, 0.3) is 0 Å². The molecule has 4 saturated carbocycles. The molecular weight excluding hydrogens is 766 g/mol. The molecule has 0 spiro atoms. The number of unbranched alkanes of at least 4 members (excludes halogenated alkanes) is 1. The lowest BCUT2D eigenvalue weighted by atomic mass is 9.49. The molecule has 0 atom stereocenters. The highest BCUT2D eigenvalue weighted by Gasteiger charge is 2.67. The number of ether oxygens (including phenoxy) is 2. The molecule has 0 amide bonds. The molecule has 16 heteroatoms. The highest BCUT2D eigenvalue weighted by molar-refractivity contribution is 8.33. The average Bonchev–Trinajstić information content (AvgIpc) is 3.10. The number of carbonyl (C=O) groups is 2. The predicted octanol–water partition coefficient (Wildman–Crippen LogP) is 10.2. The number of hydrogen-bond donors (Lipinski definition) is 0. The van der Waals surface area contributed by atoms with Crippen LogP contribution < -0.4 is 4.74 Å². The summed E-state index contributed by atoms with van der Waals surface area (Å²) < 4.78 is 143. The van der Waals surface area contributed by atoms with Crippen molar-refractivity contribution in [2.75, 3.05) is 6.61 Å². The first kappa shape index (κ1) is 40.0. The summed E-state index contributed by atoms with van der Waals surface area (Å²) in [6, 6.07) is 18.5. The summed E-state index contributed by atoms with van der Waals surface area (Å²) in [4.78, 5) is 24.7. The zero-order valence-electron chi connectivity index (χ0n) is 28.9. The van der Waals surface area contributed by atoms with Gasteiger partial charge >= 0.3 is 39.4 Å². The fourth-order valence-corrected chi connectivity index (χ4v) is 13.7. The molecule has 7 rings (SSSR count). The fraction of sp³-hybridized carbons (Fsp3) is 0.474. The summed E-state index contributed by atoms with van der Waals surface area (Å²) in [6.07, 6.45) is -3.61. The van der Waals surface area contributed by atoms with Crippen molar-refractivity contribution in [3.05, 3.63) is 84.9 Å². The molecule has 294 valence electrons. The molecule has 0 radical (unpaired) electrons. The minimum atomic E-state index is -6.49. The summed E-state index contributed by atoms with van der Waals surface area (Å²) >= 11 is 0. The van der Waals surface area contributed by atoms with Gasteiger partial charge in [0.25, 0.3) is 0 Å². The lowest BCUT2D eigenvalue weighted by molar-refractivity contribution is -0.173. The first-order valence-corrected chi connectivity index (χ1v) is 20.5. The number of rotatable bonds is 15. The number of carbonyl (C=O) groups excluding carboxylic acids is 2. The largest absolute Gasteiger partial charge is 0.465 e. The molecule has 4 fully saturated rings. The Labute approximate surface area is 310 Å². The van der Waals surface area contributed by atoms with Crippen molar-refractivity contribution in [3.63, 3.8) is 0 Å². The van der Waals surface area contributed by atoms with Crippen LogP contribution in [0.15, 0.2) is 99.6 Å². The summed E-state index contributed by atoms with van der Waals surface area (Å²) in [6.45, 7) is -0.276. The molecule has 4 aliphatic carbocycles. The van der Waals surface area contributed by atoms with Gasteiger partial charge in [-0.25, -0.2) is 3.63 Å². The van der Waals surface area contributed by atoms with E-state index in [1.807, 2.05) is 0 Å². The lowest BCUT2D eigenvalue weighted by Gasteiger charge is -2.55. The van der Waals surface area contributed by atoms with Gasteiger partial charge in [-0.1, -0.05) is 36.4 Å². The summed E-state index contributed by atoms with van der Waals surface area (Å²) in [5.74, 6) is -6.13. The standard InChI is InChI=1S/C38H39F7O7S2/c39-36(40,17-7-8-18-50-34(47)35-22-26-19-27(23-35)21-28(20-26)24-35)38(44,45)54(48,49)52-53(30-9-3-1-4-10-30,31-11-5-2-6-12-31)32-15-13-29(14-16-32)51-33(46)25-37(41,42)43/h1-6,9-16,26-28H,7-8,17-25H2. The second kappa shape index (κ2) is 15.1. The van der Waals surface area contributed by atoms with Crippen molar-refractivity contribution >= 4 is 32.4 Å². The molecule has 3 aromatic carbocycles. The molecule has 4 aliphatic rings. The zero-order valence-corrected chi connectivity index (χ0v) is 30.5. The van der Waals surface area contributed by atoms with Crippen LogP contribution in [0.1, 0.15) is 64.2 Å². The highest BCUT2D eigenvalue weighted by atomic mass is 32.3. The van der Waals surface area contributed by atoms with Gasteiger partial charge in [0.1, 0.15) is 12.2 Å². The number of hydrogen-bond acceptors (Lipinski definition) is 7. The maximum atomic E-state index is 15.8. The van der Waals surface area contributed by atoms with E-state index in [1.54, 1.807) is 12.1 Å². The van der Waals surface area contributed by atoms with E-state index in [2.05, 4.69) is 0 Å². The van der Waals surface area contributed by atoms with Crippen molar-refractivity contribution < 1.29 is 61.8 Å².